The van der Waals surface area contributed by atoms with Crippen molar-refractivity contribution >= 4 is 44.1 Å². The van der Waals surface area contributed by atoms with Crippen molar-refractivity contribution in [1.29, 1.82) is 0 Å². The van der Waals surface area contributed by atoms with Crippen molar-refractivity contribution in [2.45, 2.75) is 19.4 Å². The Morgan fingerprint density at radius 3 is 2.65 bits per heavy atom. The number of hydrogen-bond donors (Lipinski definition) is 1. The van der Waals surface area contributed by atoms with E-state index in [1.807, 2.05) is 25.1 Å². The van der Waals surface area contributed by atoms with Crippen LogP contribution in [0.15, 0.2) is 76.6 Å². The normalized spacial score (nSPS) is 16.0. The molecule has 4 aromatic rings. The lowest BCUT2D eigenvalue weighted by molar-refractivity contribution is -0.384. The molecule has 0 bridgehead atoms. The van der Waals surface area contributed by atoms with E-state index in [9.17, 15) is 24.8 Å². The van der Waals surface area contributed by atoms with Crippen molar-refractivity contribution < 1.29 is 24.0 Å². The summed E-state index contributed by atoms with van der Waals surface area (Å²) in [6.45, 7) is 2.03. The number of non-ortho nitro benzene ring substituents is 1. The lowest BCUT2D eigenvalue weighted by atomic mass is 9.95. The molecule has 1 amide bonds. The van der Waals surface area contributed by atoms with E-state index >= 15 is 0 Å². The molecule has 34 heavy (non-hydrogen) atoms. The Hall–Kier alpha value is -4.31. The molecule has 170 valence electrons. The Kier molecular flexibility index (Phi) is 5.21. The smallest absolute Gasteiger partial charge is 0.296 e. The highest BCUT2D eigenvalue weighted by Gasteiger charge is 2.46. The Labute approximate surface area is 196 Å². The molecule has 1 atom stereocenters. The molecule has 0 fully saturated rings. The van der Waals surface area contributed by atoms with Gasteiger partial charge in [0.05, 0.1) is 33.0 Å². The molecule has 0 aliphatic carbocycles. The van der Waals surface area contributed by atoms with Gasteiger partial charge in [-0.25, -0.2) is 4.98 Å². The van der Waals surface area contributed by atoms with Crippen LogP contribution in [-0.2, 0) is 11.2 Å². The lowest BCUT2D eigenvalue weighted by Gasteiger charge is -2.24. The number of nitro groups is 1. The highest BCUT2D eigenvalue weighted by molar-refractivity contribution is 7.22. The second kappa shape index (κ2) is 8.23. The van der Waals surface area contributed by atoms with Gasteiger partial charge in [0, 0.05) is 12.1 Å². The maximum Gasteiger partial charge on any atom is 0.296 e. The summed E-state index contributed by atoms with van der Waals surface area (Å²) in [5.74, 6) is -2.19. The fourth-order valence-corrected chi connectivity index (χ4v) is 5.00. The number of ketones is 1. The minimum atomic E-state index is -1.04. The molecule has 2 aromatic heterocycles. The van der Waals surface area contributed by atoms with Gasteiger partial charge in [-0.2, -0.15) is 0 Å². The third-order valence-corrected chi connectivity index (χ3v) is 6.69. The zero-order valence-corrected chi connectivity index (χ0v) is 18.6. The van der Waals surface area contributed by atoms with Crippen molar-refractivity contribution in [3.05, 3.63) is 99.2 Å². The summed E-state index contributed by atoms with van der Waals surface area (Å²) in [6, 6.07) is 13.2. The molecule has 0 radical (unpaired) electrons. The molecule has 10 heteroatoms. The molecular weight excluding hydrogens is 458 g/mol. The van der Waals surface area contributed by atoms with Gasteiger partial charge < -0.3 is 9.52 Å². The largest absolute Gasteiger partial charge is 0.503 e. The monoisotopic (exact) mass is 475 g/mol. The second-order valence-electron chi connectivity index (χ2n) is 7.65. The molecule has 2 aromatic carbocycles. The molecule has 3 heterocycles. The number of anilines is 1. The number of amides is 1. The van der Waals surface area contributed by atoms with Crippen LogP contribution in [0.3, 0.4) is 0 Å². The Bertz CT molecular complexity index is 1470. The number of carbonyl (C=O) groups excluding carboxylic acids is 2. The quantitative estimate of drug-likeness (QED) is 0.232. The molecule has 0 unspecified atom stereocenters. The fourth-order valence-electron chi connectivity index (χ4n) is 3.95. The predicted molar refractivity (Wildman–Crippen MR) is 125 cm³/mol. The van der Waals surface area contributed by atoms with E-state index in [1.54, 1.807) is 0 Å². The predicted octanol–water partition coefficient (Wildman–Crippen LogP) is 5.14. The number of fused-ring (bicyclic) bond motifs is 1. The van der Waals surface area contributed by atoms with Crippen LogP contribution < -0.4 is 4.90 Å². The zero-order valence-electron chi connectivity index (χ0n) is 17.8. The van der Waals surface area contributed by atoms with Crippen molar-refractivity contribution in [3.63, 3.8) is 0 Å². The van der Waals surface area contributed by atoms with Gasteiger partial charge in [-0.05, 0) is 53.9 Å². The van der Waals surface area contributed by atoms with Crippen molar-refractivity contribution in [1.82, 2.24) is 4.98 Å². The average Bonchev–Trinajstić information content (AvgIpc) is 3.57. The molecule has 1 aliphatic rings. The van der Waals surface area contributed by atoms with Gasteiger partial charge >= 0.3 is 0 Å². The number of furan rings is 1. The second-order valence-corrected chi connectivity index (χ2v) is 8.66. The van der Waals surface area contributed by atoms with Crippen molar-refractivity contribution in [3.8, 4) is 0 Å². The number of nitro benzene ring substituents is 1. The first-order valence-electron chi connectivity index (χ1n) is 10.4. The Morgan fingerprint density at radius 1 is 1.24 bits per heavy atom. The number of carbonyl (C=O) groups is 2. The zero-order chi connectivity index (χ0) is 24.0. The summed E-state index contributed by atoms with van der Waals surface area (Å²) in [7, 11) is 0. The summed E-state index contributed by atoms with van der Waals surface area (Å²) in [5, 5.41) is 22.2. The van der Waals surface area contributed by atoms with Crippen molar-refractivity contribution in [2.24, 2.45) is 0 Å². The minimum Gasteiger partial charge on any atom is -0.503 e. The van der Waals surface area contributed by atoms with E-state index in [2.05, 4.69) is 4.98 Å². The first-order chi connectivity index (χ1) is 16.4. The van der Waals surface area contributed by atoms with Gasteiger partial charge in [-0.3, -0.25) is 24.6 Å². The van der Waals surface area contributed by atoms with Crippen molar-refractivity contribution in [2.75, 3.05) is 4.90 Å². The molecule has 1 aliphatic heterocycles. The van der Waals surface area contributed by atoms with Crippen LogP contribution in [-0.4, -0.2) is 26.7 Å². The van der Waals surface area contributed by atoms with Gasteiger partial charge in [0.2, 0.25) is 5.78 Å². The van der Waals surface area contributed by atoms with Crippen LogP contribution in [0.1, 0.15) is 34.6 Å². The molecular formula is C24H17N3O6S. The van der Waals surface area contributed by atoms with Gasteiger partial charge in [-0.1, -0.05) is 24.3 Å². The number of Topliss-reactive ketones (excluding diaryl/α,β-unsaturated/α-hetero) is 1. The Balaban J connectivity index is 1.66. The topological polar surface area (TPSA) is 127 Å². The number of nitrogens with zero attached hydrogens (tertiary/aromatic N) is 3. The van der Waals surface area contributed by atoms with Crippen LogP contribution in [0.25, 0.3) is 10.2 Å². The van der Waals surface area contributed by atoms with Crippen LogP contribution >= 0.6 is 11.3 Å². The number of aliphatic hydroxyl groups excluding tert-OH is 1. The number of rotatable bonds is 6. The van der Waals surface area contributed by atoms with Gasteiger partial charge in [-0.15, -0.1) is 0 Å². The summed E-state index contributed by atoms with van der Waals surface area (Å²) in [6.07, 6.45) is 2.15. The number of aromatic nitrogens is 1. The van der Waals surface area contributed by atoms with E-state index in [-0.39, 0.29) is 17.0 Å². The molecule has 0 saturated heterocycles. The SMILES string of the molecule is CCc1ccc2nc(N3C(=O)C(O)=C(C(=O)c4ccco4)[C@H]3c3ccc([N+](=O)[O-])cc3)sc2c1. The maximum absolute atomic E-state index is 13.2. The Morgan fingerprint density at radius 2 is 2.00 bits per heavy atom. The van der Waals surface area contributed by atoms with Crippen LogP contribution in [0.5, 0.6) is 0 Å². The number of benzene rings is 2. The number of thiazole rings is 1. The van der Waals surface area contributed by atoms with E-state index in [0.717, 1.165) is 16.7 Å². The highest BCUT2D eigenvalue weighted by atomic mass is 32.1. The number of aliphatic hydroxyl groups is 1. The van der Waals surface area contributed by atoms with E-state index < -0.39 is 28.4 Å². The van der Waals surface area contributed by atoms with Crippen LogP contribution in [0.4, 0.5) is 10.8 Å². The maximum atomic E-state index is 13.2. The lowest BCUT2D eigenvalue weighted by Crippen LogP contribution is -2.30. The first kappa shape index (κ1) is 21.5. The molecule has 1 N–H and O–H groups in total. The third kappa shape index (κ3) is 3.44. The first-order valence-corrected chi connectivity index (χ1v) is 11.2. The fraction of sp³-hybridized carbons (Fsp3) is 0.125. The summed E-state index contributed by atoms with van der Waals surface area (Å²) < 4.78 is 6.07. The third-order valence-electron chi connectivity index (χ3n) is 5.67. The number of aryl methyl sites for hydroxylation is 1. The molecule has 0 saturated carbocycles. The summed E-state index contributed by atoms with van der Waals surface area (Å²) in [5.41, 5.74) is 1.88. The van der Waals surface area contributed by atoms with Gasteiger partial charge in [0.25, 0.3) is 11.6 Å². The standard InChI is InChI=1S/C24H17N3O6S/c1-2-13-5-10-16-18(12-13)34-24(25-16)26-20(14-6-8-15(9-7-14)27(31)32)19(22(29)23(26)30)21(28)17-4-3-11-33-17/h3-12,20,29H,2H2,1H3/t20-/m1/s1. The summed E-state index contributed by atoms with van der Waals surface area (Å²) >= 11 is 1.26. The highest BCUT2D eigenvalue weighted by Crippen LogP contribution is 2.44. The van der Waals surface area contributed by atoms with Crippen LogP contribution in [0.2, 0.25) is 0 Å². The number of hydrogen-bond acceptors (Lipinski definition) is 8. The average molecular weight is 475 g/mol. The molecule has 9 nitrogen and oxygen atoms in total. The van der Waals surface area contributed by atoms with E-state index in [4.69, 9.17) is 4.42 Å². The van der Waals surface area contributed by atoms with Crippen LogP contribution in [0, 0.1) is 10.1 Å². The minimum absolute atomic E-state index is 0.0417. The molecule has 5 rings (SSSR count). The summed E-state index contributed by atoms with van der Waals surface area (Å²) in [4.78, 5) is 42.9. The van der Waals surface area contributed by atoms with E-state index in [0.29, 0.717) is 16.2 Å². The molecule has 0 spiro atoms. The van der Waals surface area contributed by atoms with Gasteiger partial charge in [0.1, 0.15) is 0 Å². The van der Waals surface area contributed by atoms with Gasteiger partial charge in [0.15, 0.2) is 16.7 Å². The van der Waals surface area contributed by atoms with E-state index in [1.165, 1.54) is 58.9 Å².